The maximum Gasteiger partial charge on any atom is 0.173 e. The summed E-state index contributed by atoms with van der Waals surface area (Å²) < 4.78 is 39.6. The summed E-state index contributed by atoms with van der Waals surface area (Å²) in [5, 5.41) is 0. The molecule has 0 bridgehead atoms. The molecule has 2 aromatic carbocycles. The Balaban J connectivity index is 1.49. The third kappa shape index (κ3) is 5.78. The Labute approximate surface area is 166 Å². The van der Waals surface area contributed by atoms with Gasteiger partial charge in [-0.25, -0.2) is 8.78 Å². The Morgan fingerprint density at radius 1 is 1.00 bits per heavy atom. The number of ether oxygens (including phenoxy) is 2. The minimum absolute atomic E-state index is 0.139. The molecular weight excluding hydrogens is 358 g/mol. The Bertz CT molecular complexity index is 722. The molecule has 3 rings (SSSR count). The Morgan fingerprint density at radius 2 is 1.75 bits per heavy atom. The van der Waals surface area contributed by atoms with Crippen LogP contribution in [0.5, 0.6) is 5.75 Å². The molecule has 0 unspecified atom stereocenters. The first kappa shape index (κ1) is 20.8. The molecule has 151 valence electrons. The van der Waals surface area contributed by atoms with E-state index in [1.807, 2.05) is 0 Å². The molecule has 0 atom stereocenters. The van der Waals surface area contributed by atoms with E-state index in [1.54, 1.807) is 24.3 Å². The van der Waals surface area contributed by atoms with Crippen LogP contribution in [-0.2, 0) is 4.74 Å². The number of benzene rings is 2. The topological polar surface area (TPSA) is 18.5 Å². The molecule has 4 heteroatoms. The zero-order chi connectivity index (χ0) is 19.8. The highest BCUT2D eigenvalue weighted by atomic mass is 19.1. The van der Waals surface area contributed by atoms with Gasteiger partial charge in [-0.05, 0) is 61.8 Å². The van der Waals surface area contributed by atoms with Crippen LogP contribution in [0.2, 0.25) is 0 Å². The summed E-state index contributed by atoms with van der Waals surface area (Å²) >= 11 is 0. The van der Waals surface area contributed by atoms with E-state index < -0.39 is 5.82 Å². The van der Waals surface area contributed by atoms with Crippen LogP contribution in [0, 0.1) is 23.6 Å². The fourth-order valence-electron chi connectivity index (χ4n) is 3.69. The average Bonchev–Trinajstić information content (AvgIpc) is 2.72. The number of rotatable bonds is 9. The maximum absolute atomic E-state index is 14.8. The predicted octanol–water partition coefficient (Wildman–Crippen LogP) is 6.58. The molecule has 1 aliphatic rings. The Hall–Kier alpha value is -1.94. The number of hydrogen-bond donors (Lipinski definition) is 0. The lowest BCUT2D eigenvalue weighted by molar-refractivity contribution is 0.0110. The van der Waals surface area contributed by atoms with Gasteiger partial charge in [0.1, 0.15) is 5.82 Å². The summed E-state index contributed by atoms with van der Waals surface area (Å²) in [4.78, 5) is 0. The summed E-state index contributed by atoms with van der Waals surface area (Å²) in [6.45, 7) is 3.54. The summed E-state index contributed by atoms with van der Waals surface area (Å²) in [6.07, 6.45) is 8.10. The number of halogens is 2. The van der Waals surface area contributed by atoms with Gasteiger partial charge in [0.25, 0.3) is 0 Å². The summed E-state index contributed by atoms with van der Waals surface area (Å²) in [5.41, 5.74) is 1.02. The second kappa shape index (κ2) is 10.6. The van der Waals surface area contributed by atoms with E-state index in [2.05, 4.69) is 13.0 Å². The van der Waals surface area contributed by atoms with Gasteiger partial charge in [-0.3, -0.25) is 0 Å². The maximum atomic E-state index is 14.8. The van der Waals surface area contributed by atoms with Gasteiger partial charge in [0.05, 0.1) is 12.7 Å². The monoisotopic (exact) mass is 387 g/mol. The van der Waals surface area contributed by atoms with Crippen LogP contribution in [0.15, 0.2) is 36.4 Å². The molecule has 0 aliphatic heterocycles. The van der Waals surface area contributed by atoms with Crippen LogP contribution in [0.1, 0.15) is 51.9 Å². The molecule has 0 amide bonds. The molecule has 0 N–H and O–H groups in total. The molecule has 2 nitrogen and oxygen atoms in total. The standard InChI is InChI=1S/C24H29F2O2/c1-2-3-4-16-27-21-14-8-18(9-15-21)17-28-23-7-5-6-22(24(23)26)19-10-12-20(25)13-11-19/h5-6,10-13,18,21H,2-4,8-9,14-17H2,1H3/t18-,21-. The van der Waals surface area contributed by atoms with Crippen molar-refractivity contribution in [3.63, 3.8) is 0 Å². The Kier molecular flexibility index (Phi) is 7.84. The molecular formula is C24H29F2O2. The van der Waals surface area contributed by atoms with Crippen molar-refractivity contribution in [2.24, 2.45) is 5.92 Å². The zero-order valence-corrected chi connectivity index (χ0v) is 16.6. The highest BCUT2D eigenvalue weighted by molar-refractivity contribution is 5.65. The Morgan fingerprint density at radius 3 is 2.46 bits per heavy atom. The van der Waals surface area contributed by atoms with E-state index >= 15 is 0 Å². The van der Waals surface area contributed by atoms with Crippen LogP contribution in [0.3, 0.4) is 0 Å². The van der Waals surface area contributed by atoms with Crippen LogP contribution in [0.4, 0.5) is 8.78 Å². The molecule has 28 heavy (non-hydrogen) atoms. The summed E-state index contributed by atoms with van der Waals surface area (Å²) in [5.74, 6) is -0.229. The molecule has 1 aliphatic carbocycles. The predicted molar refractivity (Wildman–Crippen MR) is 107 cm³/mol. The SMILES string of the molecule is CCCCCO[C@H]1CC[C@H](COc2[c]ccc(-c3ccc(F)cc3)c2F)CC1. The van der Waals surface area contributed by atoms with Gasteiger partial charge in [0.2, 0.25) is 0 Å². The first-order valence-corrected chi connectivity index (χ1v) is 10.4. The zero-order valence-electron chi connectivity index (χ0n) is 16.6. The van der Waals surface area contributed by atoms with Gasteiger partial charge in [0, 0.05) is 18.2 Å². The molecule has 2 aromatic rings. The van der Waals surface area contributed by atoms with Crippen LogP contribution in [-0.4, -0.2) is 19.3 Å². The van der Waals surface area contributed by atoms with Crippen LogP contribution < -0.4 is 4.74 Å². The van der Waals surface area contributed by atoms with Gasteiger partial charge in [-0.15, -0.1) is 0 Å². The first-order valence-electron chi connectivity index (χ1n) is 10.4. The lowest BCUT2D eigenvalue weighted by Crippen LogP contribution is -2.25. The minimum atomic E-state index is -0.443. The minimum Gasteiger partial charge on any atom is -0.490 e. The lowest BCUT2D eigenvalue weighted by Gasteiger charge is -2.28. The number of unbranched alkanes of at least 4 members (excludes halogenated alkanes) is 2. The van der Waals surface area contributed by atoms with E-state index in [0.717, 1.165) is 38.7 Å². The van der Waals surface area contributed by atoms with Gasteiger partial charge >= 0.3 is 0 Å². The van der Waals surface area contributed by atoms with E-state index in [-0.39, 0.29) is 11.6 Å². The third-order valence-corrected chi connectivity index (χ3v) is 5.41. The molecule has 1 fully saturated rings. The van der Waals surface area contributed by atoms with Crippen LogP contribution >= 0.6 is 0 Å². The van der Waals surface area contributed by atoms with Crippen molar-refractivity contribution in [3.8, 4) is 16.9 Å². The quantitative estimate of drug-likeness (QED) is 0.453. The van der Waals surface area contributed by atoms with Gasteiger partial charge < -0.3 is 9.47 Å². The highest BCUT2D eigenvalue weighted by Crippen LogP contribution is 2.31. The molecule has 0 aromatic heterocycles. The summed E-state index contributed by atoms with van der Waals surface area (Å²) in [6, 6.07) is 11.9. The van der Waals surface area contributed by atoms with Crippen molar-refractivity contribution in [2.75, 3.05) is 13.2 Å². The van der Waals surface area contributed by atoms with Crippen molar-refractivity contribution < 1.29 is 18.3 Å². The van der Waals surface area contributed by atoms with E-state index in [4.69, 9.17) is 9.47 Å². The molecule has 1 saturated carbocycles. The van der Waals surface area contributed by atoms with Crippen molar-refractivity contribution in [1.29, 1.82) is 0 Å². The number of hydrogen-bond acceptors (Lipinski definition) is 2. The normalized spacial score (nSPS) is 19.5. The second-order valence-electron chi connectivity index (χ2n) is 7.57. The van der Waals surface area contributed by atoms with Crippen molar-refractivity contribution in [2.45, 2.75) is 58.0 Å². The van der Waals surface area contributed by atoms with Gasteiger partial charge in [0.15, 0.2) is 11.6 Å². The average molecular weight is 387 g/mol. The van der Waals surface area contributed by atoms with Crippen molar-refractivity contribution >= 4 is 0 Å². The lowest BCUT2D eigenvalue weighted by atomic mass is 9.88. The van der Waals surface area contributed by atoms with E-state index in [9.17, 15) is 8.78 Å². The fraction of sp³-hybridized carbons (Fsp3) is 0.500. The van der Waals surface area contributed by atoms with Crippen molar-refractivity contribution in [1.82, 2.24) is 0 Å². The van der Waals surface area contributed by atoms with E-state index in [0.29, 0.717) is 29.8 Å². The fourth-order valence-corrected chi connectivity index (χ4v) is 3.69. The van der Waals surface area contributed by atoms with Gasteiger partial charge in [-0.2, -0.15) is 0 Å². The molecule has 1 radical (unpaired) electrons. The first-order chi connectivity index (χ1) is 13.7. The largest absolute Gasteiger partial charge is 0.490 e. The van der Waals surface area contributed by atoms with Crippen molar-refractivity contribution in [3.05, 3.63) is 54.1 Å². The molecule has 0 heterocycles. The van der Waals surface area contributed by atoms with Crippen LogP contribution in [0.25, 0.3) is 11.1 Å². The third-order valence-electron chi connectivity index (χ3n) is 5.41. The highest BCUT2D eigenvalue weighted by Gasteiger charge is 2.22. The summed E-state index contributed by atoms with van der Waals surface area (Å²) in [7, 11) is 0. The second-order valence-corrected chi connectivity index (χ2v) is 7.57. The smallest absolute Gasteiger partial charge is 0.173 e. The van der Waals surface area contributed by atoms with E-state index in [1.165, 1.54) is 25.0 Å². The molecule has 0 saturated heterocycles. The van der Waals surface area contributed by atoms with Gasteiger partial charge in [-0.1, -0.05) is 38.0 Å². The molecule has 0 spiro atoms.